The minimum absolute atomic E-state index is 0.214. The molecule has 0 spiro atoms. The first-order chi connectivity index (χ1) is 6.60. The highest BCUT2D eigenvalue weighted by Gasteiger charge is 2.30. The molecule has 82 valence electrons. The van der Waals surface area contributed by atoms with Crippen molar-refractivity contribution in [3.63, 3.8) is 0 Å². The summed E-state index contributed by atoms with van der Waals surface area (Å²) in [7, 11) is 0. The fourth-order valence-corrected chi connectivity index (χ4v) is 1.98. The number of rotatable bonds is 2. The van der Waals surface area contributed by atoms with Crippen LogP contribution in [0, 0.1) is 11.8 Å². The number of amides is 2. The number of likely N-dealkylation sites (tertiary alicyclic amines) is 1. The van der Waals surface area contributed by atoms with Crippen molar-refractivity contribution in [2.45, 2.75) is 27.7 Å². The monoisotopic (exact) mass is 198 g/mol. The van der Waals surface area contributed by atoms with Gasteiger partial charge in [-0.15, -0.1) is 0 Å². The molecule has 2 unspecified atom stereocenters. The molecule has 0 aromatic heterocycles. The number of hydrogen-bond acceptors (Lipinski definition) is 1. The van der Waals surface area contributed by atoms with Gasteiger partial charge in [0.1, 0.15) is 0 Å². The van der Waals surface area contributed by atoms with Crippen LogP contribution in [0.4, 0.5) is 4.79 Å². The zero-order valence-electron chi connectivity index (χ0n) is 9.79. The molecule has 1 saturated heterocycles. The van der Waals surface area contributed by atoms with Crippen molar-refractivity contribution in [1.82, 2.24) is 9.80 Å². The topological polar surface area (TPSA) is 23.6 Å². The summed E-state index contributed by atoms with van der Waals surface area (Å²) < 4.78 is 0. The number of carbonyl (C=O) groups is 1. The zero-order chi connectivity index (χ0) is 10.7. The summed E-state index contributed by atoms with van der Waals surface area (Å²) in [4.78, 5) is 15.8. The highest BCUT2D eigenvalue weighted by Crippen LogP contribution is 2.22. The minimum Gasteiger partial charge on any atom is -0.325 e. The summed E-state index contributed by atoms with van der Waals surface area (Å²) in [5, 5.41) is 0. The predicted octanol–water partition coefficient (Wildman–Crippen LogP) is 2.04. The first kappa shape index (κ1) is 11.3. The second-order valence-electron chi connectivity index (χ2n) is 4.31. The van der Waals surface area contributed by atoms with E-state index in [9.17, 15) is 4.79 Å². The highest BCUT2D eigenvalue weighted by atomic mass is 16.2. The molecule has 0 N–H and O–H groups in total. The van der Waals surface area contributed by atoms with Crippen LogP contribution in [0.3, 0.4) is 0 Å². The van der Waals surface area contributed by atoms with Crippen LogP contribution in [0.5, 0.6) is 0 Å². The number of hydrogen-bond donors (Lipinski definition) is 0. The van der Waals surface area contributed by atoms with E-state index < -0.39 is 0 Å². The molecule has 0 aromatic rings. The largest absolute Gasteiger partial charge is 0.325 e. The van der Waals surface area contributed by atoms with Crippen LogP contribution in [-0.2, 0) is 0 Å². The van der Waals surface area contributed by atoms with Gasteiger partial charge in [0.2, 0.25) is 0 Å². The van der Waals surface area contributed by atoms with E-state index in [4.69, 9.17) is 0 Å². The average Bonchev–Trinajstić information content (AvgIpc) is 2.49. The lowest BCUT2D eigenvalue weighted by Crippen LogP contribution is -2.42. The van der Waals surface area contributed by atoms with Gasteiger partial charge in [0, 0.05) is 26.2 Å². The lowest BCUT2D eigenvalue weighted by molar-refractivity contribution is 0.165. The lowest BCUT2D eigenvalue weighted by Gasteiger charge is -2.25. The van der Waals surface area contributed by atoms with E-state index in [1.165, 1.54) is 0 Å². The number of urea groups is 1. The van der Waals surface area contributed by atoms with E-state index in [2.05, 4.69) is 13.8 Å². The van der Waals surface area contributed by atoms with Crippen LogP contribution < -0.4 is 0 Å². The Kier molecular flexibility index (Phi) is 3.78. The average molecular weight is 198 g/mol. The summed E-state index contributed by atoms with van der Waals surface area (Å²) in [5.74, 6) is 1.30. The quantitative estimate of drug-likeness (QED) is 0.666. The van der Waals surface area contributed by atoms with Crippen LogP contribution in [0.15, 0.2) is 0 Å². The van der Waals surface area contributed by atoms with E-state index in [-0.39, 0.29) is 6.03 Å². The van der Waals surface area contributed by atoms with E-state index in [0.29, 0.717) is 11.8 Å². The third kappa shape index (κ3) is 2.20. The van der Waals surface area contributed by atoms with Gasteiger partial charge >= 0.3 is 6.03 Å². The molecule has 2 amide bonds. The lowest BCUT2D eigenvalue weighted by atomic mass is 10.0. The maximum atomic E-state index is 12.0. The molecule has 1 heterocycles. The molecular weight excluding hydrogens is 176 g/mol. The fraction of sp³-hybridized carbons (Fsp3) is 0.909. The van der Waals surface area contributed by atoms with Gasteiger partial charge in [-0.2, -0.15) is 0 Å². The van der Waals surface area contributed by atoms with Gasteiger partial charge in [0.25, 0.3) is 0 Å². The second kappa shape index (κ2) is 4.67. The van der Waals surface area contributed by atoms with Crippen molar-refractivity contribution in [3.8, 4) is 0 Å². The summed E-state index contributed by atoms with van der Waals surface area (Å²) in [5.41, 5.74) is 0. The van der Waals surface area contributed by atoms with Crippen molar-refractivity contribution in [2.24, 2.45) is 11.8 Å². The van der Waals surface area contributed by atoms with E-state index in [0.717, 1.165) is 26.2 Å². The predicted molar refractivity (Wildman–Crippen MR) is 58.2 cm³/mol. The Hall–Kier alpha value is -0.730. The van der Waals surface area contributed by atoms with Crippen molar-refractivity contribution in [1.29, 1.82) is 0 Å². The van der Waals surface area contributed by atoms with Crippen LogP contribution in [-0.4, -0.2) is 42.0 Å². The molecule has 0 aromatic carbocycles. The van der Waals surface area contributed by atoms with Gasteiger partial charge in [-0.1, -0.05) is 13.8 Å². The maximum absolute atomic E-state index is 12.0. The molecule has 0 bridgehead atoms. The second-order valence-corrected chi connectivity index (χ2v) is 4.31. The highest BCUT2D eigenvalue weighted by molar-refractivity contribution is 5.74. The summed E-state index contributed by atoms with van der Waals surface area (Å²) in [6, 6.07) is 0.214. The molecule has 1 aliphatic rings. The molecule has 3 heteroatoms. The van der Waals surface area contributed by atoms with Gasteiger partial charge < -0.3 is 9.80 Å². The van der Waals surface area contributed by atoms with Crippen LogP contribution in [0.25, 0.3) is 0 Å². The number of carbonyl (C=O) groups excluding carboxylic acids is 1. The van der Waals surface area contributed by atoms with Crippen molar-refractivity contribution in [3.05, 3.63) is 0 Å². The normalized spacial score (nSPS) is 26.7. The van der Waals surface area contributed by atoms with Crippen molar-refractivity contribution >= 4 is 6.03 Å². The van der Waals surface area contributed by atoms with Gasteiger partial charge in [0.15, 0.2) is 0 Å². The third-order valence-corrected chi connectivity index (χ3v) is 3.29. The maximum Gasteiger partial charge on any atom is 0.319 e. The Morgan fingerprint density at radius 1 is 1.21 bits per heavy atom. The smallest absolute Gasteiger partial charge is 0.319 e. The molecule has 1 rings (SSSR count). The summed E-state index contributed by atoms with van der Waals surface area (Å²) >= 11 is 0. The third-order valence-electron chi connectivity index (χ3n) is 3.29. The molecule has 1 aliphatic heterocycles. The Labute approximate surface area is 87.1 Å². The van der Waals surface area contributed by atoms with Crippen LogP contribution in [0.1, 0.15) is 27.7 Å². The first-order valence-corrected chi connectivity index (χ1v) is 5.63. The van der Waals surface area contributed by atoms with Gasteiger partial charge in [-0.05, 0) is 25.7 Å². The zero-order valence-corrected chi connectivity index (χ0v) is 9.79. The van der Waals surface area contributed by atoms with E-state index >= 15 is 0 Å². The molecule has 0 aliphatic carbocycles. The van der Waals surface area contributed by atoms with Crippen LogP contribution >= 0.6 is 0 Å². The van der Waals surface area contributed by atoms with Crippen molar-refractivity contribution < 1.29 is 4.79 Å². The Bertz CT molecular complexity index is 191. The van der Waals surface area contributed by atoms with E-state index in [1.807, 2.05) is 23.6 Å². The van der Waals surface area contributed by atoms with Gasteiger partial charge in [-0.3, -0.25) is 0 Å². The molecule has 14 heavy (non-hydrogen) atoms. The fourth-order valence-electron chi connectivity index (χ4n) is 1.98. The summed E-state index contributed by atoms with van der Waals surface area (Å²) in [6.45, 7) is 12.0. The molecule has 2 atom stereocenters. The molecule has 1 fully saturated rings. The van der Waals surface area contributed by atoms with Gasteiger partial charge in [-0.25, -0.2) is 4.79 Å². The SMILES string of the molecule is CCN(CC)C(=O)N1CC(C)C(C)C1. The van der Waals surface area contributed by atoms with Crippen LogP contribution in [0.2, 0.25) is 0 Å². The van der Waals surface area contributed by atoms with E-state index in [1.54, 1.807) is 0 Å². The Morgan fingerprint density at radius 3 is 2.00 bits per heavy atom. The minimum atomic E-state index is 0.214. The number of nitrogens with zero attached hydrogens (tertiary/aromatic N) is 2. The molecule has 3 nitrogen and oxygen atoms in total. The first-order valence-electron chi connectivity index (χ1n) is 5.63. The molecule has 0 radical (unpaired) electrons. The van der Waals surface area contributed by atoms with Gasteiger partial charge in [0.05, 0.1) is 0 Å². The Morgan fingerprint density at radius 2 is 1.64 bits per heavy atom. The molecular formula is C11H22N2O. The van der Waals surface area contributed by atoms with Crippen molar-refractivity contribution in [2.75, 3.05) is 26.2 Å². The Balaban J connectivity index is 2.54. The molecule has 0 saturated carbocycles. The summed E-state index contributed by atoms with van der Waals surface area (Å²) in [6.07, 6.45) is 0. The standard InChI is InChI=1S/C11H22N2O/c1-5-12(6-2)11(14)13-7-9(3)10(4)8-13/h9-10H,5-8H2,1-4H3.